The summed E-state index contributed by atoms with van der Waals surface area (Å²) in [5.74, 6) is -0.144. The number of amides is 2. The summed E-state index contributed by atoms with van der Waals surface area (Å²) in [6.07, 6.45) is 4.09. The molecule has 1 aliphatic heterocycles. The van der Waals surface area contributed by atoms with Gasteiger partial charge in [-0.15, -0.1) is 0 Å². The van der Waals surface area contributed by atoms with Crippen molar-refractivity contribution < 1.29 is 14.3 Å². The van der Waals surface area contributed by atoms with Crippen molar-refractivity contribution in [3.8, 4) is 0 Å². The molecule has 0 N–H and O–H groups in total. The summed E-state index contributed by atoms with van der Waals surface area (Å²) in [7, 11) is 0. The predicted octanol–water partition coefficient (Wildman–Crippen LogP) is 1.72. The number of carbonyl (C=O) groups is 2. The highest BCUT2D eigenvalue weighted by Crippen LogP contribution is 2.08. The van der Waals surface area contributed by atoms with E-state index in [2.05, 4.69) is 9.97 Å². The summed E-state index contributed by atoms with van der Waals surface area (Å²) in [6, 6.07) is 10.00. The summed E-state index contributed by atoms with van der Waals surface area (Å²) < 4.78 is 5.30. The van der Waals surface area contributed by atoms with Gasteiger partial charge in [-0.25, -0.2) is 4.98 Å². The molecule has 2 amide bonds. The third kappa shape index (κ3) is 5.60. The molecular formula is C21H26N4O3. The van der Waals surface area contributed by atoms with Crippen molar-refractivity contribution in [2.24, 2.45) is 0 Å². The smallest absolute Gasteiger partial charge is 0.274 e. The van der Waals surface area contributed by atoms with Gasteiger partial charge in [-0.2, -0.15) is 0 Å². The number of aryl methyl sites for hydroxylation is 1. The Labute approximate surface area is 165 Å². The lowest BCUT2D eigenvalue weighted by atomic mass is 10.1. The summed E-state index contributed by atoms with van der Waals surface area (Å²) >= 11 is 0. The molecule has 0 atom stereocenters. The average molecular weight is 382 g/mol. The first-order valence-electron chi connectivity index (χ1n) is 9.61. The van der Waals surface area contributed by atoms with Gasteiger partial charge in [0.25, 0.3) is 5.91 Å². The Hall–Kier alpha value is -2.80. The first-order chi connectivity index (χ1) is 13.6. The standard InChI is InChI=1S/C21H26N4O3/c1-17-15-23-19(16-22-17)21(27)25(9-7-18-5-3-2-4-6-18)10-8-20(26)24-11-13-28-14-12-24/h2-6,15-16H,7-14H2,1H3. The Morgan fingerprint density at radius 2 is 1.82 bits per heavy atom. The van der Waals surface area contributed by atoms with Crippen LogP contribution >= 0.6 is 0 Å². The van der Waals surface area contributed by atoms with Crippen LogP contribution in [0.25, 0.3) is 0 Å². The van der Waals surface area contributed by atoms with E-state index in [0.717, 1.165) is 17.7 Å². The molecule has 148 valence electrons. The number of ether oxygens (including phenoxy) is 1. The van der Waals surface area contributed by atoms with Crippen molar-refractivity contribution in [2.75, 3.05) is 39.4 Å². The molecule has 2 heterocycles. The molecule has 1 aromatic heterocycles. The maximum atomic E-state index is 12.9. The Kier molecular flexibility index (Phi) is 7.08. The van der Waals surface area contributed by atoms with E-state index in [1.165, 1.54) is 6.20 Å². The van der Waals surface area contributed by atoms with Crippen LogP contribution in [0.4, 0.5) is 0 Å². The van der Waals surface area contributed by atoms with Gasteiger partial charge in [0.1, 0.15) is 5.69 Å². The van der Waals surface area contributed by atoms with Crippen LogP contribution in [0.15, 0.2) is 42.7 Å². The molecule has 2 aromatic rings. The fourth-order valence-electron chi connectivity index (χ4n) is 3.09. The largest absolute Gasteiger partial charge is 0.378 e. The van der Waals surface area contributed by atoms with E-state index in [1.807, 2.05) is 37.3 Å². The van der Waals surface area contributed by atoms with E-state index >= 15 is 0 Å². The summed E-state index contributed by atoms with van der Waals surface area (Å²) in [4.78, 5) is 37.3. The normalized spacial score (nSPS) is 14.0. The van der Waals surface area contributed by atoms with Crippen LogP contribution < -0.4 is 0 Å². The SMILES string of the molecule is Cc1cnc(C(=O)N(CCC(=O)N2CCOCC2)CCc2ccccc2)cn1. The molecule has 0 radical (unpaired) electrons. The lowest BCUT2D eigenvalue weighted by Gasteiger charge is -2.28. The number of hydrogen-bond donors (Lipinski definition) is 0. The van der Waals surface area contributed by atoms with Crippen LogP contribution in [0.5, 0.6) is 0 Å². The molecule has 0 bridgehead atoms. The van der Waals surface area contributed by atoms with Gasteiger partial charge < -0.3 is 14.5 Å². The molecule has 3 rings (SSSR count). The van der Waals surface area contributed by atoms with Crippen molar-refractivity contribution in [3.63, 3.8) is 0 Å². The van der Waals surface area contributed by atoms with Crippen LogP contribution in [0.1, 0.15) is 28.2 Å². The van der Waals surface area contributed by atoms with Crippen LogP contribution in [-0.2, 0) is 16.0 Å². The molecule has 28 heavy (non-hydrogen) atoms. The molecule has 1 saturated heterocycles. The monoisotopic (exact) mass is 382 g/mol. The summed E-state index contributed by atoms with van der Waals surface area (Å²) in [6.45, 7) is 5.07. The van der Waals surface area contributed by atoms with Crippen molar-refractivity contribution in [3.05, 3.63) is 59.7 Å². The minimum absolute atomic E-state index is 0.0517. The van der Waals surface area contributed by atoms with E-state index in [0.29, 0.717) is 51.5 Å². The van der Waals surface area contributed by atoms with E-state index in [-0.39, 0.29) is 11.8 Å². The fourth-order valence-corrected chi connectivity index (χ4v) is 3.09. The molecule has 7 nitrogen and oxygen atoms in total. The minimum atomic E-state index is -0.196. The number of nitrogens with zero attached hydrogens (tertiary/aromatic N) is 4. The van der Waals surface area contributed by atoms with E-state index in [9.17, 15) is 9.59 Å². The molecule has 1 aliphatic rings. The van der Waals surface area contributed by atoms with Gasteiger partial charge in [0, 0.05) is 38.8 Å². The number of rotatable bonds is 7. The zero-order chi connectivity index (χ0) is 19.8. The lowest BCUT2D eigenvalue weighted by Crippen LogP contribution is -2.43. The van der Waals surface area contributed by atoms with Crippen molar-refractivity contribution >= 4 is 11.8 Å². The zero-order valence-electron chi connectivity index (χ0n) is 16.2. The van der Waals surface area contributed by atoms with Crippen LogP contribution in [0, 0.1) is 6.92 Å². The van der Waals surface area contributed by atoms with Gasteiger partial charge in [-0.3, -0.25) is 14.6 Å². The molecule has 7 heteroatoms. The Morgan fingerprint density at radius 1 is 1.07 bits per heavy atom. The van der Waals surface area contributed by atoms with E-state index in [4.69, 9.17) is 4.74 Å². The number of carbonyl (C=O) groups excluding carboxylic acids is 2. The molecule has 1 fully saturated rings. The molecule has 0 aliphatic carbocycles. The van der Waals surface area contributed by atoms with Gasteiger partial charge in [0.2, 0.25) is 5.91 Å². The first kappa shape index (κ1) is 19.9. The maximum Gasteiger partial charge on any atom is 0.274 e. The molecule has 0 unspecified atom stereocenters. The third-order valence-corrected chi connectivity index (χ3v) is 4.76. The van der Waals surface area contributed by atoms with E-state index in [1.54, 1.807) is 16.0 Å². The summed E-state index contributed by atoms with van der Waals surface area (Å²) in [5.41, 5.74) is 2.21. The van der Waals surface area contributed by atoms with Gasteiger partial charge >= 0.3 is 0 Å². The molecule has 0 spiro atoms. The number of benzene rings is 1. The van der Waals surface area contributed by atoms with Gasteiger partial charge in [-0.05, 0) is 18.9 Å². The van der Waals surface area contributed by atoms with Gasteiger partial charge in [0.05, 0.1) is 25.1 Å². The second-order valence-corrected chi connectivity index (χ2v) is 6.81. The Morgan fingerprint density at radius 3 is 2.50 bits per heavy atom. The van der Waals surface area contributed by atoms with Crippen LogP contribution in [-0.4, -0.2) is 71.0 Å². The maximum absolute atomic E-state index is 12.9. The second kappa shape index (κ2) is 9.94. The minimum Gasteiger partial charge on any atom is -0.378 e. The molecular weight excluding hydrogens is 356 g/mol. The Balaban J connectivity index is 1.65. The van der Waals surface area contributed by atoms with Crippen LogP contribution in [0.2, 0.25) is 0 Å². The quantitative estimate of drug-likeness (QED) is 0.729. The third-order valence-electron chi connectivity index (χ3n) is 4.76. The van der Waals surface area contributed by atoms with Gasteiger partial charge in [-0.1, -0.05) is 30.3 Å². The fraction of sp³-hybridized carbons (Fsp3) is 0.429. The van der Waals surface area contributed by atoms with E-state index < -0.39 is 0 Å². The van der Waals surface area contributed by atoms with Crippen molar-refractivity contribution in [1.29, 1.82) is 0 Å². The molecule has 1 aromatic carbocycles. The zero-order valence-corrected chi connectivity index (χ0v) is 16.2. The van der Waals surface area contributed by atoms with Crippen molar-refractivity contribution in [2.45, 2.75) is 19.8 Å². The number of hydrogen-bond acceptors (Lipinski definition) is 5. The van der Waals surface area contributed by atoms with Gasteiger partial charge in [0.15, 0.2) is 0 Å². The summed E-state index contributed by atoms with van der Waals surface area (Å²) in [5, 5.41) is 0. The second-order valence-electron chi connectivity index (χ2n) is 6.81. The topological polar surface area (TPSA) is 75.6 Å². The molecule has 0 saturated carbocycles. The average Bonchev–Trinajstić information content (AvgIpc) is 2.75. The predicted molar refractivity (Wildman–Crippen MR) is 105 cm³/mol. The number of aromatic nitrogens is 2. The van der Waals surface area contributed by atoms with Crippen molar-refractivity contribution in [1.82, 2.24) is 19.8 Å². The highest BCUT2D eigenvalue weighted by Gasteiger charge is 2.21. The lowest BCUT2D eigenvalue weighted by molar-refractivity contribution is -0.135. The highest BCUT2D eigenvalue weighted by atomic mass is 16.5. The first-order valence-corrected chi connectivity index (χ1v) is 9.61. The number of morpholine rings is 1. The van der Waals surface area contributed by atoms with Crippen LogP contribution in [0.3, 0.4) is 0 Å². The highest BCUT2D eigenvalue weighted by molar-refractivity contribution is 5.92. The Bertz CT molecular complexity index is 774.